The van der Waals surface area contributed by atoms with Crippen LogP contribution >= 0.6 is 11.6 Å². The number of halogens is 1. The number of rotatable bonds is 7. The van der Waals surface area contributed by atoms with Crippen molar-refractivity contribution in [3.63, 3.8) is 0 Å². The summed E-state index contributed by atoms with van der Waals surface area (Å²) in [6.45, 7) is 2.03. The van der Waals surface area contributed by atoms with Crippen LogP contribution in [-0.4, -0.2) is 54.0 Å². The maximum Gasteiger partial charge on any atom is 0.323 e. The number of likely N-dealkylation sites (N-methyl/N-ethyl adjacent to an activating group) is 1. The second-order valence-corrected chi connectivity index (χ2v) is 5.51. The molecule has 1 unspecified atom stereocenters. The van der Waals surface area contributed by atoms with Crippen molar-refractivity contribution in [3.05, 3.63) is 34.9 Å². The first-order valence-electron chi connectivity index (χ1n) is 6.79. The normalized spacial score (nSPS) is 12.2. The fourth-order valence-corrected chi connectivity index (χ4v) is 2.41. The number of amides is 1. The van der Waals surface area contributed by atoms with Gasteiger partial charge in [0.15, 0.2) is 0 Å². The summed E-state index contributed by atoms with van der Waals surface area (Å²) in [5.74, 6) is -1.24. The van der Waals surface area contributed by atoms with Crippen LogP contribution in [0.3, 0.4) is 0 Å². The number of carboxylic acid groups (broad SMARTS) is 1. The number of carboxylic acids is 1. The standard InChI is InChI=1S/C15H21ClN2O3/c1-4-8-18(10-13(19)20)15(21)14(17(2)3)11-6-5-7-12(16)9-11/h5-7,9,14H,4,8,10H2,1-3H3,(H,19,20). The van der Waals surface area contributed by atoms with Crippen LogP contribution in [0.2, 0.25) is 5.02 Å². The molecule has 0 aliphatic rings. The van der Waals surface area contributed by atoms with Gasteiger partial charge in [-0.05, 0) is 38.2 Å². The summed E-state index contributed by atoms with van der Waals surface area (Å²) in [6, 6.07) is 6.52. The van der Waals surface area contributed by atoms with Gasteiger partial charge in [0, 0.05) is 11.6 Å². The van der Waals surface area contributed by atoms with Gasteiger partial charge in [0.2, 0.25) is 5.91 Å². The van der Waals surface area contributed by atoms with Gasteiger partial charge < -0.3 is 10.0 Å². The van der Waals surface area contributed by atoms with Crippen LogP contribution in [0.4, 0.5) is 0 Å². The van der Waals surface area contributed by atoms with E-state index in [9.17, 15) is 9.59 Å². The number of hydrogen-bond acceptors (Lipinski definition) is 3. The number of benzene rings is 1. The first-order valence-corrected chi connectivity index (χ1v) is 7.17. The third kappa shape index (κ3) is 5.02. The van der Waals surface area contributed by atoms with E-state index < -0.39 is 12.0 Å². The minimum Gasteiger partial charge on any atom is -0.480 e. The van der Waals surface area contributed by atoms with Gasteiger partial charge in [-0.15, -0.1) is 0 Å². The number of carbonyl (C=O) groups excluding carboxylic acids is 1. The molecule has 0 aliphatic heterocycles. The minimum atomic E-state index is -1.01. The summed E-state index contributed by atoms with van der Waals surface area (Å²) in [5.41, 5.74) is 0.754. The fraction of sp³-hybridized carbons (Fsp3) is 0.467. The lowest BCUT2D eigenvalue weighted by Gasteiger charge is -2.30. The summed E-state index contributed by atoms with van der Waals surface area (Å²) in [6.07, 6.45) is 0.703. The molecule has 0 heterocycles. The van der Waals surface area contributed by atoms with Gasteiger partial charge in [0.25, 0.3) is 0 Å². The average molecular weight is 313 g/mol. The largest absolute Gasteiger partial charge is 0.480 e. The molecule has 0 saturated carbocycles. The summed E-state index contributed by atoms with van der Waals surface area (Å²) in [5, 5.41) is 9.51. The van der Waals surface area contributed by atoms with Crippen LogP contribution in [-0.2, 0) is 9.59 Å². The highest BCUT2D eigenvalue weighted by atomic mass is 35.5. The molecule has 1 atom stereocenters. The number of hydrogen-bond donors (Lipinski definition) is 1. The zero-order chi connectivity index (χ0) is 16.0. The smallest absolute Gasteiger partial charge is 0.323 e. The van der Waals surface area contributed by atoms with Crippen molar-refractivity contribution in [2.24, 2.45) is 0 Å². The second-order valence-electron chi connectivity index (χ2n) is 5.07. The molecular weight excluding hydrogens is 292 g/mol. The molecular formula is C15H21ClN2O3. The molecule has 116 valence electrons. The van der Waals surface area contributed by atoms with E-state index in [1.807, 2.05) is 13.0 Å². The molecule has 0 bridgehead atoms. The lowest BCUT2D eigenvalue weighted by atomic mass is 10.0. The Labute approximate surface area is 130 Å². The Balaban J connectivity index is 3.08. The van der Waals surface area contributed by atoms with Gasteiger partial charge in [-0.3, -0.25) is 14.5 Å². The van der Waals surface area contributed by atoms with E-state index in [1.165, 1.54) is 4.90 Å². The molecule has 1 aromatic rings. The van der Waals surface area contributed by atoms with Gasteiger partial charge in [-0.25, -0.2) is 0 Å². The van der Waals surface area contributed by atoms with Crippen molar-refractivity contribution in [1.82, 2.24) is 9.80 Å². The lowest BCUT2D eigenvalue weighted by Crippen LogP contribution is -2.43. The Morgan fingerprint density at radius 2 is 2.00 bits per heavy atom. The van der Waals surface area contributed by atoms with Crippen LogP contribution < -0.4 is 0 Å². The summed E-state index contributed by atoms with van der Waals surface area (Å²) in [4.78, 5) is 26.8. The summed E-state index contributed by atoms with van der Waals surface area (Å²) >= 11 is 5.99. The van der Waals surface area contributed by atoms with Crippen LogP contribution in [0.25, 0.3) is 0 Å². The van der Waals surface area contributed by atoms with E-state index in [0.29, 0.717) is 18.0 Å². The van der Waals surface area contributed by atoms with Gasteiger partial charge in [0.05, 0.1) is 0 Å². The topological polar surface area (TPSA) is 60.9 Å². The van der Waals surface area contributed by atoms with Crippen molar-refractivity contribution >= 4 is 23.5 Å². The van der Waals surface area contributed by atoms with Crippen LogP contribution in [0.1, 0.15) is 24.9 Å². The molecule has 1 aromatic carbocycles. The molecule has 6 heteroatoms. The monoisotopic (exact) mass is 312 g/mol. The van der Waals surface area contributed by atoms with E-state index in [0.717, 1.165) is 5.56 Å². The van der Waals surface area contributed by atoms with Gasteiger partial charge >= 0.3 is 5.97 Å². The molecule has 0 saturated heterocycles. The minimum absolute atomic E-state index is 0.230. The highest BCUT2D eigenvalue weighted by molar-refractivity contribution is 6.30. The van der Waals surface area contributed by atoms with Crippen molar-refractivity contribution in [2.45, 2.75) is 19.4 Å². The molecule has 0 spiro atoms. The molecule has 0 fully saturated rings. The highest BCUT2D eigenvalue weighted by Crippen LogP contribution is 2.23. The predicted molar refractivity (Wildman–Crippen MR) is 82.4 cm³/mol. The van der Waals surface area contributed by atoms with Gasteiger partial charge in [-0.1, -0.05) is 30.7 Å². The maximum atomic E-state index is 12.7. The molecule has 0 aromatic heterocycles. The van der Waals surface area contributed by atoms with Gasteiger partial charge in [0.1, 0.15) is 12.6 Å². The Bertz CT molecular complexity index is 505. The second kappa shape index (κ2) is 8.00. The van der Waals surface area contributed by atoms with E-state index >= 15 is 0 Å². The molecule has 0 radical (unpaired) electrons. The third-order valence-electron chi connectivity index (χ3n) is 3.05. The predicted octanol–water partition coefficient (Wildman–Crippen LogP) is 2.27. The first-order chi connectivity index (χ1) is 9.86. The molecule has 1 amide bonds. The molecule has 0 aliphatic carbocycles. The Morgan fingerprint density at radius 3 is 2.48 bits per heavy atom. The highest BCUT2D eigenvalue weighted by Gasteiger charge is 2.28. The van der Waals surface area contributed by atoms with Crippen molar-refractivity contribution in [3.8, 4) is 0 Å². The van der Waals surface area contributed by atoms with Crippen LogP contribution in [0.5, 0.6) is 0 Å². The first kappa shape index (κ1) is 17.5. The zero-order valence-corrected chi connectivity index (χ0v) is 13.3. The van der Waals surface area contributed by atoms with Crippen LogP contribution in [0, 0.1) is 0 Å². The van der Waals surface area contributed by atoms with Crippen molar-refractivity contribution < 1.29 is 14.7 Å². The number of aliphatic carboxylic acids is 1. The fourth-order valence-electron chi connectivity index (χ4n) is 2.21. The quantitative estimate of drug-likeness (QED) is 0.839. The van der Waals surface area contributed by atoms with Crippen molar-refractivity contribution in [1.29, 1.82) is 0 Å². The van der Waals surface area contributed by atoms with E-state index in [-0.39, 0.29) is 12.5 Å². The third-order valence-corrected chi connectivity index (χ3v) is 3.28. The summed E-state index contributed by atoms with van der Waals surface area (Å²) < 4.78 is 0. The Morgan fingerprint density at radius 1 is 1.33 bits per heavy atom. The average Bonchev–Trinajstić information content (AvgIpc) is 2.37. The van der Waals surface area contributed by atoms with Crippen molar-refractivity contribution in [2.75, 3.05) is 27.2 Å². The number of carbonyl (C=O) groups is 2. The van der Waals surface area contributed by atoms with Crippen LogP contribution in [0.15, 0.2) is 24.3 Å². The molecule has 21 heavy (non-hydrogen) atoms. The SMILES string of the molecule is CCCN(CC(=O)O)C(=O)C(c1cccc(Cl)c1)N(C)C. The number of nitrogens with zero attached hydrogens (tertiary/aromatic N) is 2. The maximum absolute atomic E-state index is 12.7. The summed E-state index contributed by atoms with van der Waals surface area (Å²) in [7, 11) is 3.57. The van der Waals surface area contributed by atoms with E-state index in [1.54, 1.807) is 37.2 Å². The molecule has 1 rings (SSSR count). The molecule has 5 nitrogen and oxygen atoms in total. The van der Waals surface area contributed by atoms with E-state index in [2.05, 4.69) is 0 Å². The van der Waals surface area contributed by atoms with E-state index in [4.69, 9.17) is 16.7 Å². The Hall–Kier alpha value is -1.59. The zero-order valence-electron chi connectivity index (χ0n) is 12.5. The lowest BCUT2D eigenvalue weighted by molar-refractivity contribution is -0.146. The molecule has 1 N–H and O–H groups in total. The van der Waals surface area contributed by atoms with Gasteiger partial charge in [-0.2, -0.15) is 0 Å². The Kier molecular flexibility index (Phi) is 6.65.